The summed E-state index contributed by atoms with van der Waals surface area (Å²) in [6, 6.07) is 10.7. The Bertz CT molecular complexity index is 777. The van der Waals surface area contributed by atoms with Gasteiger partial charge in [0.1, 0.15) is 4.21 Å². The van der Waals surface area contributed by atoms with Crippen LogP contribution in [0.25, 0.3) is 0 Å². The molecular weight excluding hydrogens is 375 g/mol. The predicted octanol–water partition coefficient (Wildman–Crippen LogP) is 3.47. The number of aryl methyl sites for hydroxylation is 1. The third kappa shape index (κ3) is 3.90. The normalized spacial score (nSPS) is 19.3. The minimum atomic E-state index is -3.48. The van der Waals surface area contributed by atoms with Crippen LogP contribution in [0.3, 0.4) is 0 Å². The highest BCUT2D eigenvalue weighted by atomic mass is 35.5. The molecule has 1 aromatic heterocycles. The molecule has 1 N–H and O–H groups in total. The maximum Gasteiger partial charge on any atom is 0.253 e. The SMILES string of the molecule is Cc1ccc(S(=O)(=O)N2CCNCC2c2cccc(Cl)c2)s1.Cl. The standard InChI is InChI=1S/C15H17ClN2O2S2.ClH/c1-11-5-6-15(21-11)22(19,20)18-8-7-17-10-14(18)12-3-2-4-13(16)9-12;/h2-6,9,14,17H,7-8,10H2,1H3;1H. The van der Waals surface area contributed by atoms with Crippen molar-refractivity contribution in [2.75, 3.05) is 19.6 Å². The smallest absolute Gasteiger partial charge is 0.253 e. The second-order valence-corrected chi connectivity index (χ2v) is 9.10. The van der Waals surface area contributed by atoms with Crippen LogP contribution in [0.15, 0.2) is 40.6 Å². The lowest BCUT2D eigenvalue weighted by molar-refractivity contribution is 0.272. The highest BCUT2D eigenvalue weighted by Crippen LogP contribution is 2.32. The molecule has 1 unspecified atom stereocenters. The quantitative estimate of drug-likeness (QED) is 0.869. The maximum atomic E-state index is 12.9. The Labute approximate surface area is 151 Å². The minimum Gasteiger partial charge on any atom is -0.313 e. The Balaban J connectivity index is 0.00000192. The molecule has 1 aliphatic rings. The third-order valence-corrected chi connectivity index (χ3v) is 7.32. The summed E-state index contributed by atoms with van der Waals surface area (Å²) >= 11 is 7.37. The predicted molar refractivity (Wildman–Crippen MR) is 97.3 cm³/mol. The Morgan fingerprint density at radius 1 is 1.30 bits per heavy atom. The average molecular weight is 393 g/mol. The van der Waals surface area contributed by atoms with Crippen LogP contribution in [0.1, 0.15) is 16.5 Å². The van der Waals surface area contributed by atoms with Gasteiger partial charge < -0.3 is 5.32 Å². The molecule has 0 amide bonds. The molecule has 0 saturated carbocycles. The average Bonchev–Trinajstić information content (AvgIpc) is 2.95. The highest BCUT2D eigenvalue weighted by molar-refractivity contribution is 7.91. The van der Waals surface area contributed by atoms with Crippen molar-refractivity contribution in [2.24, 2.45) is 0 Å². The van der Waals surface area contributed by atoms with Crippen LogP contribution < -0.4 is 5.32 Å². The van der Waals surface area contributed by atoms with Crippen LogP contribution >= 0.6 is 35.3 Å². The zero-order chi connectivity index (χ0) is 15.7. The van der Waals surface area contributed by atoms with E-state index in [0.717, 1.165) is 10.4 Å². The van der Waals surface area contributed by atoms with E-state index < -0.39 is 10.0 Å². The Morgan fingerprint density at radius 3 is 2.74 bits per heavy atom. The molecule has 1 fully saturated rings. The van der Waals surface area contributed by atoms with Crippen molar-refractivity contribution < 1.29 is 8.42 Å². The van der Waals surface area contributed by atoms with Gasteiger partial charge in [0.2, 0.25) is 0 Å². The van der Waals surface area contributed by atoms with E-state index in [9.17, 15) is 8.42 Å². The molecule has 0 radical (unpaired) electrons. The molecule has 8 heteroatoms. The molecule has 0 aliphatic carbocycles. The summed E-state index contributed by atoms with van der Waals surface area (Å²) in [6.45, 7) is 3.61. The lowest BCUT2D eigenvalue weighted by Gasteiger charge is -2.35. The lowest BCUT2D eigenvalue weighted by Crippen LogP contribution is -2.48. The molecule has 2 heterocycles. The second-order valence-electron chi connectivity index (χ2n) is 5.26. The number of benzene rings is 1. The molecule has 1 saturated heterocycles. The molecule has 3 rings (SSSR count). The van der Waals surface area contributed by atoms with Gasteiger partial charge in [0.25, 0.3) is 10.0 Å². The summed E-state index contributed by atoms with van der Waals surface area (Å²) in [5.74, 6) is 0. The first-order valence-electron chi connectivity index (χ1n) is 7.03. The van der Waals surface area contributed by atoms with E-state index >= 15 is 0 Å². The second kappa shape index (κ2) is 7.51. The number of sulfonamides is 1. The number of halogens is 2. The van der Waals surface area contributed by atoms with Gasteiger partial charge in [-0.15, -0.1) is 23.7 Å². The maximum absolute atomic E-state index is 12.9. The van der Waals surface area contributed by atoms with Crippen molar-refractivity contribution >= 4 is 45.4 Å². The number of nitrogens with one attached hydrogen (secondary N) is 1. The number of hydrogen-bond acceptors (Lipinski definition) is 4. The van der Waals surface area contributed by atoms with Crippen molar-refractivity contribution in [2.45, 2.75) is 17.2 Å². The monoisotopic (exact) mass is 392 g/mol. The fourth-order valence-corrected chi connectivity index (χ4v) is 5.86. The summed E-state index contributed by atoms with van der Waals surface area (Å²) in [7, 11) is -3.48. The first kappa shape index (κ1) is 18.7. The molecule has 1 aromatic carbocycles. The van der Waals surface area contributed by atoms with Crippen molar-refractivity contribution in [1.82, 2.24) is 9.62 Å². The minimum absolute atomic E-state index is 0. The van der Waals surface area contributed by atoms with Gasteiger partial charge in [-0.05, 0) is 36.8 Å². The van der Waals surface area contributed by atoms with Crippen molar-refractivity contribution in [1.29, 1.82) is 0 Å². The van der Waals surface area contributed by atoms with Crippen molar-refractivity contribution in [3.8, 4) is 0 Å². The van der Waals surface area contributed by atoms with E-state index in [1.165, 1.54) is 11.3 Å². The Hall–Kier alpha value is -0.630. The van der Waals surface area contributed by atoms with E-state index in [2.05, 4.69) is 5.32 Å². The van der Waals surface area contributed by atoms with Crippen LogP contribution in [-0.2, 0) is 10.0 Å². The molecule has 2 aromatic rings. The molecule has 0 spiro atoms. The van der Waals surface area contributed by atoms with Crippen molar-refractivity contribution in [3.05, 3.63) is 51.9 Å². The Kier molecular flexibility index (Phi) is 6.10. The molecule has 4 nitrogen and oxygen atoms in total. The van der Waals surface area contributed by atoms with Gasteiger partial charge in [-0.1, -0.05) is 23.7 Å². The first-order chi connectivity index (χ1) is 10.5. The molecule has 1 atom stereocenters. The number of hydrogen-bond donors (Lipinski definition) is 1. The number of rotatable bonds is 3. The number of piperazine rings is 1. The largest absolute Gasteiger partial charge is 0.313 e. The van der Waals surface area contributed by atoms with E-state index in [-0.39, 0.29) is 18.4 Å². The summed E-state index contributed by atoms with van der Waals surface area (Å²) in [4.78, 5) is 0.994. The van der Waals surface area contributed by atoms with E-state index in [0.29, 0.717) is 28.9 Å². The molecule has 126 valence electrons. The van der Waals surface area contributed by atoms with Crippen LogP contribution in [-0.4, -0.2) is 32.4 Å². The van der Waals surface area contributed by atoms with E-state index in [1.807, 2.05) is 31.2 Å². The topological polar surface area (TPSA) is 49.4 Å². The summed E-state index contributed by atoms with van der Waals surface area (Å²) in [5.41, 5.74) is 0.913. The lowest BCUT2D eigenvalue weighted by atomic mass is 10.1. The number of nitrogens with zero attached hydrogens (tertiary/aromatic N) is 1. The Morgan fingerprint density at radius 2 is 2.09 bits per heavy atom. The van der Waals surface area contributed by atoms with Gasteiger partial charge in [-0.2, -0.15) is 4.31 Å². The van der Waals surface area contributed by atoms with Gasteiger partial charge in [0.15, 0.2) is 0 Å². The number of thiophene rings is 1. The van der Waals surface area contributed by atoms with E-state index in [4.69, 9.17) is 11.6 Å². The summed E-state index contributed by atoms with van der Waals surface area (Å²) in [6.07, 6.45) is 0. The van der Waals surface area contributed by atoms with Crippen LogP contribution in [0, 0.1) is 6.92 Å². The molecular formula is C15H18Cl2N2O2S2. The van der Waals surface area contributed by atoms with Crippen molar-refractivity contribution in [3.63, 3.8) is 0 Å². The summed E-state index contributed by atoms with van der Waals surface area (Å²) < 4.78 is 27.9. The summed E-state index contributed by atoms with van der Waals surface area (Å²) in [5, 5.41) is 3.88. The zero-order valence-electron chi connectivity index (χ0n) is 12.5. The third-order valence-electron chi connectivity index (χ3n) is 3.71. The fraction of sp³-hybridized carbons (Fsp3) is 0.333. The first-order valence-corrected chi connectivity index (χ1v) is 9.66. The zero-order valence-corrected chi connectivity index (χ0v) is 15.7. The van der Waals surface area contributed by atoms with Gasteiger partial charge in [-0.3, -0.25) is 0 Å². The van der Waals surface area contributed by atoms with Gasteiger partial charge in [0.05, 0.1) is 6.04 Å². The van der Waals surface area contributed by atoms with Crippen LogP contribution in [0.2, 0.25) is 5.02 Å². The molecule has 23 heavy (non-hydrogen) atoms. The van der Waals surface area contributed by atoms with Gasteiger partial charge in [0, 0.05) is 29.5 Å². The van der Waals surface area contributed by atoms with E-state index in [1.54, 1.807) is 16.4 Å². The van der Waals surface area contributed by atoms with Gasteiger partial charge >= 0.3 is 0 Å². The fourth-order valence-electron chi connectivity index (χ4n) is 2.64. The van der Waals surface area contributed by atoms with Crippen LogP contribution in [0.4, 0.5) is 0 Å². The molecule has 0 bridgehead atoms. The highest BCUT2D eigenvalue weighted by Gasteiger charge is 2.35. The molecule has 1 aliphatic heterocycles. The van der Waals surface area contributed by atoms with Gasteiger partial charge in [-0.25, -0.2) is 8.42 Å². The van der Waals surface area contributed by atoms with Crippen LogP contribution in [0.5, 0.6) is 0 Å².